The van der Waals surface area contributed by atoms with Crippen molar-refractivity contribution in [1.29, 1.82) is 0 Å². The Hall–Kier alpha value is -3.88. The maximum Gasteiger partial charge on any atom is 0.408 e. The Balaban J connectivity index is 2.07. The Kier molecular flexibility index (Phi) is 12.4. The van der Waals surface area contributed by atoms with Crippen molar-refractivity contribution < 1.29 is 28.7 Å². The Bertz CT molecular complexity index is 1340. The SMILES string of the molecule is Cc1ccccc1C(C(=O)NC(Cc1ccccc1)C(=O)OC(C)(C)C)N(C(=O)C(CC(C)C)NC(=O)OC(C)(C)C)C1CCC1. The second kappa shape index (κ2) is 15.6. The predicted molar refractivity (Wildman–Crippen MR) is 179 cm³/mol. The van der Waals surface area contributed by atoms with Crippen LogP contribution in [0.25, 0.3) is 0 Å². The van der Waals surface area contributed by atoms with E-state index in [-0.39, 0.29) is 24.3 Å². The summed E-state index contributed by atoms with van der Waals surface area (Å²) in [5, 5.41) is 5.79. The van der Waals surface area contributed by atoms with E-state index in [2.05, 4.69) is 10.6 Å². The molecule has 9 nitrogen and oxygen atoms in total. The fourth-order valence-electron chi connectivity index (χ4n) is 5.48. The van der Waals surface area contributed by atoms with E-state index in [4.69, 9.17) is 9.47 Å². The van der Waals surface area contributed by atoms with Crippen LogP contribution in [-0.4, -0.2) is 58.1 Å². The van der Waals surface area contributed by atoms with Gasteiger partial charge in [0.25, 0.3) is 0 Å². The zero-order valence-corrected chi connectivity index (χ0v) is 29.0. The lowest BCUT2D eigenvalue weighted by atomic mass is 9.86. The molecule has 3 amide bonds. The van der Waals surface area contributed by atoms with Gasteiger partial charge in [0.1, 0.15) is 29.3 Å². The number of hydrogen-bond donors (Lipinski definition) is 2. The summed E-state index contributed by atoms with van der Waals surface area (Å²) in [6.07, 6.45) is 2.25. The normalized spacial score (nSPS) is 15.6. The van der Waals surface area contributed by atoms with Gasteiger partial charge in [0, 0.05) is 12.5 Å². The first-order chi connectivity index (χ1) is 21.4. The van der Waals surface area contributed by atoms with Crippen LogP contribution in [0.4, 0.5) is 4.79 Å². The Morgan fingerprint density at radius 3 is 1.93 bits per heavy atom. The molecule has 0 aromatic heterocycles. The van der Waals surface area contributed by atoms with Crippen LogP contribution in [0.1, 0.15) is 104 Å². The molecule has 3 atom stereocenters. The van der Waals surface area contributed by atoms with Crippen LogP contribution in [0, 0.1) is 12.8 Å². The molecule has 0 bridgehead atoms. The molecule has 46 heavy (non-hydrogen) atoms. The third-order valence-electron chi connectivity index (χ3n) is 7.72. The van der Waals surface area contributed by atoms with Gasteiger partial charge in [-0.3, -0.25) is 9.59 Å². The van der Waals surface area contributed by atoms with Crippen molar-refractivity contribution in [3.63, 3.8) is 0 Å². The number of rotatable bonds is 12. The van der Waals surface area contributed by atoms with Gasteiger partial charge in [-0.1, -0.05) is 68.4 Å². The number of esters is 1. The molecule has 2 aromatic carbocycles. The fourth-order valence-corrected chi connectivity index (χ4v) is 5.48. The van der Waals surface area contributed by atoms with Crippen molar-refractivity contribution in [1.82, 2.24) is 15.5 Å². The van der Waals surface area contributed by atoms with Gasteiger partial charge in [-0.15, -0.1) is 0 Å². The van der Waals surface area contributed by atoms with E-state index < -0.39 is 47.3 Å². The molecule has 2 aromatic rings. The number of ether oxygens (including phenoxy) is 2. The fraction of sp³-hybridized carbons (Fsp3) is 0.568. The Morgan fingerprint density at radius 2 is 1.41 bits per heavy atom. The summed E-state index contributed by atoms with van der Waals surface area (Å²) >= 11 is 0. The molecule has 1 saturated carbocycles. The number of aryl methyl sites for hydroxylation is 1. The first-order valence-electron chi connectivity index (χ1n) is 16.4. The number of hydrogen-bond acceptors (Lipinski definition) is 6. The summed E-state index contributed by atoms with van der Waals surface area (Å²) in [6, 6.07) is 13.7. The van der Waals surface area contributed by atoms with Crippen LogP contribution in [-0.2, 0) is 30.3 Å². The monoisotopic (exact) mass is 635 g/mol. The smallest absolute Gasteiger partial charge is 0.408 e. The van der Waals surface area contributed by atoms with Crippen molar-refractivity contribution in [2.75, 3.05) is 0 Å². The molecule has 3 rings (SSSR count). The Morgan fingerprint density at radius 1 is 0.826 bits per heavy atom. The Labute approximate surface area is 274 Å². The molecule has 1 fully saturated rings. The summed E-state index contributed by atoms with van der Waals surface area (Å²) in [5.74, 6) is -1.33. The van der Waals surface area contributed by atoms with Crippen molar-refractivity contribution in [3.8, 4) is 0 Å². The average molecular weight is 636 g/mol. The molecule has 1 aliphatic carbocycles. The van der Waals surface area contributed by atoms with Gasteiger partial charge in [0.2, 0.25) is 11.8 Å². The predicted octanol–water partition coefficient (Wildman–Crippen LogP) is 6.43. The molecule has 0 radical (unpaired) electrons. The van der Waals surface area contributed by atoms with Crippen LogP contribution in [0.5, 0.6) is 0 Å². The quantitative estimate of drug-likeness (QED) is 0.260. The minimum atomic E-state index is -1.05. The number of carbonyl (C=O) groups excluding carboxylic acids is 4. The van der Waals surface area contributed by atoms with E-state index in [0.717, 1.165) is 30.4 Å². The summed E-state index contributed by atoms with van der Waals surface area (Å²) in [5.41, 5.74) is 0.830. The van der Waals surface area contributed by atoms with Crippen molar-refractivity contribution in [2.45, 2.75) is 130 Å². The van der Waals surface area contributed by atoms with E-state index in [1.54, 1.807) is 46.4 Å². The van der Waals surface area contributed by atoms with Gasteiger partial charge in [-0.25, -0.2) is 9.59 Å². The minimum absolute atomic E-state index is 0.0697. The number of nitrogens with one attached hydrogen (secondary N) is 2. The van der Waals surface area contributed by atoms with Crippen LogP contribution in [0.3, 0.4) is 0 Å². The number of nitrogens with zero attached hydrogens (tertiary/aromatic N) is 1. The summed E-state index contributed by atoms with van der Waals surface area (Å²) < 4.78 is 11.3. The summed E-state index contributed by atoms with van der Waals surface area (Å²) in [4.78, 5) is 57.3. The molecule has 0 aliphatic heterocycles. The molecular formula is C37H53N3O6. The topological polar surface area (TPSA) is 114 Å². The van der Waals surface area contributed by atoms with Gasteiger partial charge in [-0.2, -0.15) is 0 Å². The van der Waals surface area contributed by atoms with Crippen molar-refractivity contribution in [2.24, 2.45) is 5.92 Å². The first kappa shape index (κ1) is 36.6. The highest BCUT2D eigenvalue weighted by atomic mass is 16.6. The van der Waals surface area contributed by atoms with Crippen LogP contribution >= 0.6 is 0 Å². The van der Waals surface area contributed by atoms with E-state index in [1.165, 1.54) is 0 Å². The highest BCUT2D eigenvalue weighted by molar-refractivity contribution is 5.94. The molecule has 3 unspecified atom stereocenters. The maximum atomic E-state index is 14.6. The van der Waals surface area contributed by atoms with Crippen LogP contribution in [0.2, 0.25) is 0 Å². The number of amides is 3. The standard InChI is InChI=1S/C37H53N3O6/c1-24(2)22-29(39-35(44)46-37(7,8)9)33(42)40(27-19-15-20-27)31(28-21-14-13-16-25(28)3)32(41)38-30(34(43)45-36(4,5)6)23-26-17-11-10-12-18-26/h10-14,16-18,21,24,27,29-31H,15,19-20,22-23H2,1-9H3,(H,38,41)(H,39,44). The molecule has 9 heteroatoms. The first-order valence-corrected chi connectivity index (χ1v) is 16.4. The highest BCUT2D eigenvalue weighted by Crippen LogP contribution is 2.35. The van der Waals surface area contributed by atoms with E-state index in [0.29, 0.717) is 12.0 Å². The number of benzene rings is 2. The lowest BCUT2D eigenvalue weighted by Crippen LogP contribution is -2.59. The van der Waals surface area contributed by atoms with E-state index >= 15 is 0 Å². The summed E-state index contributed by atoms with van der Waals surface area (Å²) in [6.45, 7) is 16.5. The van der Waals surface area contributed by atoms with E-state index in [1.807, 2.05) is 75.4 Å². The van der Waals surface area contributed by atoms with Crippen molar-refractivity contribution >= 4 is 23.9 Å². The van der Waals surface area contributed by atoms with Crippen molar-refractivity contribution in [3.05, 3.63) is 71.3 Å². The second-order valence-corrected chi connectivity index (χ2v) is 14.7. The molecule has 0 saturated heterocycles. The molecule has 0 heterocycles. The minimum Gasteiger partial charge on any atom is -0.458 e. The lowest BCUT2D eigenvalue weighted by molar-refractivity contribution is -0.159. The summed E-state index contributed by atoms with van der Waals surface area (Å²) in [7, 11) is 0. The van der Waals surface area contributed by atoms with Gasteiger partial charge in [0.15, 0.2) is 0 Å². The third-order valence-corrected chi connectivity index (χ3v) is 7.72. The van der Waals surface area contributed by atoms with Gasteiger partial charge < -0.3 is 25.0 Å². The van der Waals surface area contributed by atoms with E-state index in [9.17, 15) is 19.2 Å². The number of alkyl carbamates (subject to hydrolysis) is 1. The lowest BCUT2D eigenvalue weighted by Gasteiger charge is -2.44. The average Bonchev–Trinajstić information content (AvgIpc) is 2.90. The van der Waals surface area contributed by atoms with Gasteiger partial charge >= 0.3 is 12.1 Å². The molecule has 0 spiro atoms. The highest BCUT2D eigenvalue weighted by Gasteiger charge is 2.43. The van der Waals surface area contributed by atoms with Gasteiger partial charge in [0.05, 0.1) is 0 Å². The maximum absolute atomic E-state index is 14.6. The molecule has 252 valence electrons. The van der Waals surface area contributed by atoms with Gasteiger partial charge in [-0.05, 0) is 96.8 Å². The molecular weight excluding hydrogens is 582 g/mol. The zero-order valence-electron chi connectivity index (χ0n) is 29.0. The van der Waals surface area contributed by atoms with Crippen LogP contribution in [0.15, 0.2) is 54.6 Å². The molecule has 2 N–H and O–H groups in total. The second-order valence-electron chi connectivity index (χ2n) is 14.7. The van der Waals surface area contributed by atoms with Crippen LogP contribution < -0.4 is 10.6 Å². The third kappa shape index (κ3) is 10.9. The number of carbonyl (C=O) groups is 4. The molecule has 1 aliphatic rings. The largest absolute Gasteiger partial charge is 0.458 e. The zero-order chi connectivity index (χ0) is 34.2.